The molecule has 0 fully saturated rings. The zero-order valence-corrected chi connectivity index (χ0v) is 13.9. The van der Waals surface area contributed by atoms with E-state index >= 15 is 0 Å². The summed E-state index contributed by atoms with van der Waals surface area (Å²) in [5.41, 5.74) is 3.37. The smallest absolute Gasteiger partial charge is 0.211 e. The Bertz CT molecular complexity index is 929. The molecule has 0 spiro atoms. The molecule has 0 saturated heterocycles. The summed E-state index contributed by atoms with van der Waals surface area (Å²) in [4.78, 5) is 9.02. The van der Waals surface area contributed by atoms with E-state index in [2.05, 4.69) is 35.9 Å². The second-order valence-electron chi connectivity index (χ2n) is 5.24. The second kappa shape index (κ2) is 5.85. The number of fused-ring (bicyclic) bond motifs is 1. The lowest BCUT2D eigenvalue weighted by Crippen LogP contribution is -1.95. The Hall–Kier alpha value is -3.07. The number of pyridine rings is 2. The molecule has 4 rings (SSSR count). The summed E-state index contributed by atoms with van der Waals surface area (Å²) in [5, 5.41) is 20.2. The molecule has 0 aliphatic heterocycles. The van der Waals surface area contributed by atoms with Gasteiger partial charge in [-0.1, -0.05) is 11.3 Å². The van der Waals surface area contributed by atoms with Crippen LogP contribution in [-0.4, -0.2) is 29.9 Å². The molecule has 0 unspecified atom stereocenters. The maximum Gasteiger partial charge on any atom is 0.211 e. The Morgan fingerprint density at radius 2 is 1.96 bits per heavy atom. The minimum absolute atomic E-state index is 0.707. The Morgan fingerprint density at radius 1 is 1.04 bits per heavy atom. The maximum atomic E-state index is 4.59. The lowest BCUT2D eigenvalue weighted by Gasteiger charge is -2.06. The van der Waals surface area contributed by atoms with E-state index in [0.29, 0.717) is 5.82 Å². The second-order valence-corrected chi connectivity index (χ2v) is 6.42. The van der Waals surface area contributed by atoms with E-state index in [9.17, 15) is 0 Å². The van der Waals surface area contributed by atoms with Gasteiger partial charge in [0.15, 0.2) is 0 Å². The van der Waals surface area contributed by atoms with Crippen molar-refractivity contribution >= 4 is 44.7 Å². The van der Waals surface area contributed by atoms with Gasteiger partial charge in [0.05, 0.1) is 34.8 Å². The highest BCUT2D eigenvalue weighted by molar-refractivity contribution is 7.15. The number of hydrogen-bond acceptors (Lipinski definition) is 8. The van der Waals surface area contributed by atoms with Gasteiger partial charge in [0.2, 0.25) is 5.13 Å². The van der Waals surface area contributed by atoms with Crippen LogP contribution in [0.1, 0.15) is 5.01 Å². The van der Waals surface area contributed by atoms with E-state index < -0.39 is 0 Å². The monoisotopic (exact) mass is 338 g/mol. The van der Waals surface area contributed by atoms with Gasteiger partial charge in [-0.2, -0.15) is 5.10 Å². The predicted octanol–water partition coefficient (Wildman–Crippen LogP) is 3.01. The van der Waals surface area contributed by atoms with Gasteiger partial charge < -0.3 is 10.6 Å². The highest BCUT2D eigenvalue weighted by atomic mass is 32.1. The molecular formula is C15H14N8S. The average Bonchev–Trinajstić information content (AvgIpc) is 3.15. The fourth-order valence-electron chi connectivity index (χ4n) is 2.25. The van der Waals surface area contributed by atoms with Crippen LogP contribution in [0.4, 0.5) is 22.3 Å². The van der Waals surface area contributed by atoms with Gasteiger partial charge >= 0.3 is 0 Å². The molecule has 0 aromatic carbocycles. The minimum atomic E-state index is 0.707. The molecule has 2 N–H and O–H groups in total. The van der Waals surface area contributed by atoms with Crippen LogP contribution in [0.3, 0.4) is 0 Å². The van der Waals surface area contributed by atoms with E-state index in [1.807, 2.05) is 38.4 Å². The Balaban J connectivity index is 1.62. The summed E-state index contributed by atoms with van der Waals surface area (Å²) in [7, 11) is 1.87. The lowest BCUT2D eigenvalue weighted by atomic mass is 10.3. The first-order valence-corrected chi connectivity index (χ1v) is 8.07. The zero-order chi connectivity index (χ0) is 16.5. The number of rotatable bonds is 4. The molecule has 4 aromatic heterocycles. The molecular weight excluding hydrogens is 324 g/mol. The first-order valence-electron chi connectivity index (χ1n) is 7.25. The number of aromatic nitrogens is 6. The third kappa shape index (κ3) is 3.01. The van der Waals surface area contributed by atoms with Crippen molar-refractivity contribution in [2.75, 3.05) is 10.6 Å². The van der Waals surface area contributed by atoms with Gasteiger partial charge in [-0.3, -0.25) is 9.67 Å². The van der Waals surface area contributed by atoms with Gasteiger partial charge in [-0.05, 0) is 25.1 Å². The largest absolute Gasteiger partial charge is 0.352 e. The van der Waals surface area contributed by atoms with E-state index in [0.717, 1.165) is 32.5 Å². The van der Waals surface area contributed by atoms with Crippen LogP contribution in [0.25, 0.3) is 11.0 Å². The summed E-state index contributed by atoms with van der Waals surface area (Å²) in [6.45, 7) is 1.91. The molecule has 0 amide bonds. The topological polar surface area (TPSA) is 93.4 Å². The standard InChI is InChI=1S/C15H14N8S/c1-9-21-22-15(24-9)20-14-4-3-12-13(19-14)5-10(6-16-12)18-11-7-17-23(2)8-11/h3-8,18H,1-2H3,(H,19,20,22). The SMILES string of the molecule is Cc1nnc(Nc2ccc3ncc(Nc4cnn(C)c4)cc3n2)s1. The summed E-state index contributed by atoms with van der Waals surface area (Å²) in [6, 6.07) is 5.75. The Morgan fingerprint density at radius 3 is 2.71 bits per heavy atom. The molecule has 0 atom stereocenters. The minimum Gasteiger partial charge on any atom is -0.352 e. The van der Waals surface area contributed by atoms with Crippen molar-refractivity contribution in [1.82, 2.24) is 29.9 Å². The zero-order valence-electron chi connectivity index (χ0n) is 13.1. The normalized spacial score (nSPS) is 10.9. The predicted molar refractivity (Wildman–Crippen MR) is 94.0 cm³/mol. The molecule has 0 aliphatic carbocycles. The lowest BCUT2D eigenvalue weighted by molar-refractivity contribution is 0.768. The van der Waals surface area contributed by atoms with Crippen molar-refractivity contribution in [3.63, 3.8) is 0 Å². The number of aryl methyl sites for hydroxylation is 2. The molecule has 24 heavy (non-hydrogen) atoms. The van der Waals surface area contributed by atoms with Crippen LogP contribution in [0.2, 0.25) is 0 Å². The van der Waals surface area contributed by atoms with Crippen LogP contribution in [0.15, 0.2) is 36.8 Å². The summed E-state index contributed by atoms with van der Waals surface area (Å²) >= 11 is 1.48. The first kappa shape index (κ1) is 14.5. The maximum absolute atomic E-state index is 4.59. The van der Waals surface area contributed by atoms with Crippen molar-refractivity contribution in [3.05, 3.63) is 41.8 Å². The molecule has 0 aliphatic rings. The molecule has 0 bridgehead atoms. The molecule has 120 valence electrons. The molecule has 9 heteroatoms. The number of nitrogens with one attached hydrogen (secondary N) is 2. The van der Waals surface area contributed by atoms with Gasteiger partial charge in [0.1, 0.15) is 10.8 Å². The van der Waals surface area contributed by atoms with Gasteiger partial charge in [-0.15, -0.1) is 10.2 Å². The van der Waals surface area contributed by atoms with E-state index in [-0.39, 0.29) is 0 Å². The van der Waals surface area contributed by atoms with Crippen molar-refractivity contribution in [1.29, 1.82) is 0 Å². The van der Waals surface area contributed by atoms with Crippen LogP contribution in [0, 0.1) is 6.92 Å². The van der Waals surface area contributed by atoms with Crippen molar-refractivity contribution < 1.29 is 0 Å². The van der Waals surface area contributed by atoms with Gasteiger partial charge in [-0.25, -0.2) is 4.98 Å². The number of hydrogen-bond donors (Lipinski definition) is 2. The van der Waals surface area contributed by atoms with Crippen molar-refractivity contribution in [2.24, 2.45) is 7.05 Å². The highest BCUT2D eigenvalue weighted by Crippen LogP contribution is 2.23. The average molecular weight is 338 g/mol. The number of nitrogens with zero attached hydrogens (tertiary/aromatic N) is 6. The quantitative estimate of drug-likeness (QED) is 0.591. The summed E-state index contributed by atoms with van der Waals surface area (Å²) in [6.07, 6.45) is 5.43. The van der Waals surface area contributed by atoms with Crippen molar-refractivity contribution in [3.8, 4) is 0 Å². The third-order valence-electron chi connectivity index (χ3n) is 3.29. The van der Waals surface area contributed by atoms with Crippen LogP contribution in [-0.2, 0) is 7.05 Å². The van der Waals surface area contributed by atoms with Gasteiger partial charge in [0.25, 0.3) is 0 Å². The van der Waals surface area contributed by atoms with E-state index in [4.69, 9.17) is 0 Å². The van der Waals surface area contributed by atoms with Crippen LogP contribution in [0.5, 0.6) is 0 Å². The fraction of sp³-hybridized carbons (Fsp3) is 0.133. The molecule has 0 saturated carbocycles. The van der Waals surface area contributed by atoms with Crippen molar-refractivity contribution in [2.45, 2.75) is 6.92 Å². The van der Waals surface area contributed by atoms with Gasteiger partial charge in [0, 0.05) is 13.2 Å². The van der Waals surface area contributed by atoms with Crippen LogP contribution < -0.4 is 10.6 Å². The molecule has 4 aromatic rings. The molecule has 0 radical (unpaired) electrons. The molecule has 8 nitrogen and oxygen atoms in total. The third-order valence-corrected chi connectivity index (χ3v) is 4.05. The van der Waals surface area contributed by atoms with Crippen LogP contribution >= 0.6 is 11.3 Å². The van der Waals surface area contributed by atoms with E-state index in [1.165, 1.54) is 11.3 Å². The summed E-state index contributed by atoms with van der Waals surface area (Å²) in [5.74, 6) is 0.707. The number of anilines is 4. The van der Waals surface area contributed by atoms with E-state index in [1.54, 1.807) is 17.1 Å². The molecule has 4 heterocycles. The first-order chi connectivity index (χ1) is 11.7. The highest BCUT2D eigenvalue weighted by Gasteiger charge is 2.05. The fourth-order valence-corrected chi connectivity index (χ4v) is 2.85. The summed E-state index contributed by atoms with van der Waals surface area (Å²) < 4.78 is 1.74. The Labute approximate surface area is 141 Å². The Kier molecular flexibility index (Phi) is 3.54.